The van der Waals surface area contributed by atoms with E-state index >= 15 is 0 Å². The second kappa shape index (κ2) is 7.88. The Morgan fingerprint density at radius 1 is 1.42 bits per heavy atom. The Balaban J connectivity index is 2.38. The van der Waals surface area contributed by atoms with Gasteiger partial charge in [0.2, 0.25) is 16.8 Å². The molecule has 0 bridgehead atoms. The number of anilines is 3. The van der Waals surface area contributed by atoms with Gasteiger partial charge < -0.3 is 16.2 Å². The van der Waals surface area contributed by atoms with E-state index in [1.807, 2.05) is 0 Å². The molecule has 2 aromatic rings. The number of carboxylic acids is 1. The van der Waals surface area contributed by atoms with E-state index in [-0.39, 0.29) is 16.4 Å². The summed E-state index contributed by atoms with van der Waals surface area (Å²) in [5.41, 5.74) is 5.32. The van der Waals surface area contributed by atoms with E-state index < -0.39 is 46.5 Å². The lowest BCUT2D eigenvalue weighted by molar-refractivity contribution is -0.115. The Morgan fingerprint density at radius 3 is 2.65 bits per heavy atom. The van der Waals surface area contributed by atoms with Crippen LogP contribution in [-0.4, -0.2) is 36.2 Å². The van der Waals surface area contributed by atoms with Gasteiger partial charge in [0, 0.05) is 6.07 Å². The molecule has 1 aromatic heterocycles. The van der Waals surface area contributed by atoms with Crippen LogP contribution in [0, 0.1) is 11.2 Å². The second-order valence-electron chi connectivity index (χ2n) is 4.78. The fourth-order valence-corrected chi connectivity index (χ4v) is 3.54. The zero-order valence-electron chi connectivity index (χ0n) is 12.8. The van der Waals surface area contributed by atoms with Gasteiger partial charge in [0.05, 0.1) is 23.3 Å². The van der Waals surface area contributed by atoms with Gasteiger partial charge in [0.25, 0.3) is 0 Å². The van der Waals surface area contributed by atoms with Crippen LogP contribution in [0.25, 0.3) is 0 Å². The quantitative estimate of drug-likeness (QED) is 0.261. The fraction of sp³-hybridized carbons (Fsp3) is 0.0769. The Morgan fingerprint density at radius 2 is 2.12 bits per heavy atom. The number of aromatic nitrogens is 1. The summed E-state index contributed by atoms with van der Waals surface area (Å²) in [5.74, 6) is -3.51. The van der Waals surface area contributed by atoms with Crippen molar-refractivity contribution < 1.29 is 27.5 Å². The van der Waals surface area contributed by atoms with Crippen LogP contribution < -0.4 is 15.4 Å². The van der Waals surface area contributed by atoms with E-state index in [0.29, 0.717) is 4.31 Å². The van der Waals surface area contributed by atoms with E-state index in [0.717, 1.165) is 29.0 Å². The monoisotopic (exact) mass is 401 g/mol. The minimum atomic E-state index is -3.34. The summed E-state index contributed by atoms with van der Waals surface area (Å²) in [6.07, 6.45) is -0.428. The Labute approximate surface area is 151 Å². The predicted octanol–water partition coefficient (Wildman–Crippen LogP) is 0.909. The van der Waals surface area contributed by atoms with Crippen LogP contribution >= 0.6 is 11.3 Å². The van der Waals surface area contributed by atoms with Crippen molar-refractivity contribution in [2.24, 2.45) is 5.73 Å². The van der Waals surface area contributed by atoms with Crippen LogP contribution in [0.2, 0.25) is 0 Å². The zero-order chi connectivity index (χ0) is 19.4. The zero-order valence-corrected chi connectivity index (χ0v) is 14.5. The van der Waals surface area contributed by atoms with Crippen LogP contribution in [0.15, 0.2) is 23.7 Å². The number of hydrogen-bond donors (Lipinski definition) is 5. The lowest BCUT2D eigenvalue weighted by Crippen LogP contribution is -2.21. The van der Waals surface area contributed by atoms with E-state index in [4.69, 9.17) is 16.2 Å². The molecule has 0 radical (unpaired) electrons. The van der Waals surface area contributed by atoms with Gasteiger partial charge in [-0.1, -0.05) is 0 Å². The molecule has 1 heterocycles. The van der Waals surface area contributed by atoms with E-state index in [1.165, 1.54) is 6.07 Å². The predicted molar refractivity (Wildman–Crippen MR) is 93.1 cm³/mol. The molecule has 0 aliphatic heterocycles. The molecule has 0 spiro atoms. The van der Waals surface area contributed by atoms with Crippen LogP contribution in [0.4, 0.5) is 20.8 Å². The fourth-order valence-electron chi connectivity index (χ4n) is 1.93. The highest BCUT2D eigenvalue weighted by atomic mass is 32.2. The van der Waals surface area contributed by atoms with E-state index in [1.54, 1.807) is 0 Å². The maximum atomic E-state index is 14.2. The number of carboxylic acid groups (broad SMARTS) is 1. The van der Waals surface area contributed by atoms with Gasteiger partial charge in [-0.25, -0.2) is 26.9 Å². The minimum Gasteiger partial charge on any atom is -0.476 e. The van der Waals surface area contributed by atoms with Crippen LogP contribution in [0.1, 0.15) is 16.9 Å². The first kappa shape index (κ1) is 19.3. The molecule has 5 N–H and O–H groups in total. The third-order valence-electron chi connectivity index (χ3n) is 2.93. The van der Waals surface area contributed by atoms with Crippen molar-refractivity contribution in [1.29, 1.82) is 5.41 Å². The Kier molecular flexibility index (Phi) is 5.84. The SMILES string of the molecule is N=C(N)CC(=O)Nc1ccc(N(c2scnc2C(=O)O)[SH](=O)=O)cc1F. The van der Waals surface area contributed by atoms with Crippen molar-refractivity contribution in [1.82, 2.24) is 4.98 Å². The van der Waals surface area contributed by atoms with E-state index in [2.05, 4.69) is 10.3 Å². The largest absolute Gasteiger partial charge is 0.476 e. The maximum Gasteiger partial charge on any atom is 0.357 e. The first-order valence-electron chi connectivity index (χ1n) is 6.74. The highest BCUT2D eigenvalue weighted by Crippen LogP contribution is 2.34. The summed E-state index contributed by atoms with van der Waals surface area (Å²) < 4.78 is 38.0. The maximum absolute atomic E-state index is 14.2. The lowest BCUT2D eigenvalue weighted by atomic mass is 10.2. The normalized spacial score (nSPS) is 10.5. The third-order valence-corrected chi connectivity index (χ3v) is 4.63. The summed E-state index contributed by atoms with van der Waals surface area (Å²) >= 11 is 0.757. The number of hydrogen-bond acceptors (Lipinski definition) is 7. The molecule has 0 fully saturated rings. The summed E-state index contributed by atoms with van der Waals surface area (Å²) in [6, 6.07) is 3.11. The highest BCUT2D eigenvalue weighted by Gasteiger charge is 2.23. The number of carbonyl (C=O) groups is 2. The number of thiol groups is 1. The molecule has 0 aliphatic carbocycles. The van der Waals surface area contributed by atoms with Crippen molar-refractivity contribution in [2.45, 2.75) is 6.42 Å². The van der Waals surface area contributed by atoms with Crippen LogP contribution in [0.5, 0.6) is 0 Å². The third kappa shape index (κ3) is 4.31. The van der Waals surface area contributed by atoms with Gasteiger partial charge in [-0.2, -0.15) is 0 Å². The van der Waals surface area contributed by atoms with Crippen molar-refractivity contribution in [3.63, 3.8) is 0 Å². The first-order chi connectivity index (χ1) is 12.2. The van der Waals surface area contributed by atoms with Crippen molar-refractivity contribution >= 4 is 56.3 Å². The topological polar surface area (TPSA) is 167 Å². The van der Waals surface area contributed by atoms with Crippen LogP contribution in [-0.2, 0) is 15.7 Å². The molecule has 10 nitrogen and oxygen atoms in total. The number of rotatable bonds is 7. The summed E-state index contributed by atoms with van der Waals surface area (Å²) in [4.78, 5) is 26.3. The Hall–Kier alpha value is -3.06. The van der Waals surface area contributed by atoms with Gasteiger partial charge in [-0.15, -0.1) is 11.3 Å². The van der Waals surface area contributed by atoms with Crippen molar-refractivity contribution in [3.05, 3.63) is 35.2 Å². The summed E-state index contributed by atoms with van der Waals surface area (Å²) in [5, 5.41) is 18.1. The average molecular weight is 401 g/mol. The number of halogens is 1. The summed E-state index contributed by atoms with van der Waals surface area (Å²) in [7, 11) is -3.34. The number of nitrogens with zero attached hydrogens (tertiary/aromatic N) is 2. The van der Waals surface area contributed by atoms with Crippen LogP contribution in [0.3, 0.4) is 0 Å². The molecule has 0 saturated heterocycles. The number of benzene rings is 1. The second-order valence-corrected chi connectivity index (χ2v) is 6.48. The standard InChI is InChI=1S/C13H12FN5O5S2/c14-7-3-6(1-2-8(7)18-10(20)4-9(15)16)19(26(23)24)12-11(13(21)22)17-5-25-12/h1-3,5,26H,4H2,(H3,15,16)(H,18,20)(H,21,22). The van der Waals surface area contributed by atoms with Gasteiger partial charge >= 0.3 is 5.97 Å². The smallest absolute Gasteiger partial charge is 0.357 e. The average Bonchev–Trinajstić information content (AvgIpc) is 2.98. The molecule has 0 aliphatic rings. The molecule has 0 atom stereocenters. The number of amides is 1. The molecule has 2 rings (SSSR count). The van der Waals surface area contributed by atoms with Gasteiger partial charge in [0.15, 0.2) is 5.69 Å². The number of thiazole rings is 1. The molecule has 1 amide bonds. The first-order valence-corrected chi connectivity index (χ1v) is 8.75. The molecule has 138 valence electrons. The molecule has 1 aromatic carbocycles. The molecule has 0 saturated carbocycles. The number of nitrogens with one attached hydrogen (secondary N) is 2. The number of amidine groups is 1. The van der Waals surface area contributed by atoms with Gasteiger partial charge in [-0.05, 0) is 12.1 Å². The molecule has 26 heavy (non-hydrogen) atoms. The molecule has 13 heteroatoms. The lowest BCUT2D eigenvalue weighted by Gasteiger charge is -2.17. The molecular formula is C13H12FN5O5S2. The van der Waals surface area contributed by atoms with Crippen molar-refractivity contribution in [2.75, 3.05) is 9.62 Å². The van der Waals surface area contributed by atoms with Crippen molar-refractivity contribution in [3.8, 4) is 0 Å². The highest BCUT2D eigenvalue weighted by molar-refractivity contribution is 7.74. The van der Waals surface area contributed by atoms with Gasteiger partial charge in [-0.3, -0.25) is 10.2 Å². The molecular weight excluding hydrogens is 389 g/mol. The number of aromatic carboxylic acids is 1. The van der Waals surface area contributed by atoms with E-state index in [9.17, 15) is 22.4 Å². The Bertz CT molecular complexity index is 950. The minimum absolute atomic E-state index is 0.171. The molecule has 0 unspecified atom stereocenters. The number of nitrogens with two attached hydrogens (primary N) is 1. The van der Waals surface area contributed by atoms with Gasteiger partial charge in [0.1, 0.15) is 16.7 Å². The number of carbonyl (C=O) groups excluding carboxylic acids is 1. The summed E-state index contributed by atoms with van der Waals surface area (Å²) in [6.45, 7) is 0.